The molecule has 1 aliphatic rings. The maximum atomic E-state index is 11.8. The highest BCUT2D eigenvalue weighted by atomic mass is 32.2. The van der Waals surface area contributed by atoms with Crippen molar-refractivity contribution in [1.29, 1.82) is 0 Å². The van der Waals surface area contributed by atoms with Gasteiger partial charge in [0.15, 0.2) is 15.6 Å². The highest BCUT2D eigenvalue weighted by molar-refractivity contribution is 7.91. The standard InChI is InChI=1S/C11H21NO3S/c1-8(2)16(14,15)7-6-10(13)11(3,12)9-4-5-9/h8-9H,4-7,12H2,1-3H3. The molecule has 0 radical (unpaired) electrons. The van der Waals surface area contributed by atoms with Crippen molar-refractivity contribution in [3.05, 3.63) is 0 Å². The van der Waals surface area contributed by atoms with E-state index < -0.39 is 20.6 Å². The lowest BCUT2D eigenvalue weighted by Gasteiger charge is -2.22. The molecule has 0 aromatic carbocycles. The van der Waals surface area contributed by atoms with E-state index in [2.05, 4.69) is 0 Å². The predicted molar refractivity (Wildman–Crippen MR) is 63.9 cm³/mol. The third-order valence-corrected chi connectivity index (χ3v) is 5.57. The Bertz CT molecular complexity index is 367. The molecule has 0 aromatic heterocycles. The Balaban J connectivity index is 2.53. The molecule has 0 spiro atoms. The van der Waals surface area contributed by atoms with E-state index >= 15 is 0 Å². The molecule has 0 heterocycles. The normalized spacial score (nSPS) is 20.8. The second-order valence-electron chi connectivity index (χ2n) is 5.15. The van der Waals surface area contributed by atoms with Gasteiger partial charge < -0.3 is 5.73 Å². The van der Waals surface area contributed by atoms with Crippen molar-refractivity contribution in [1.82, 2.24) is 0 Å². The van der Waals surface area contributed by atoms with Crippen LogP contribution >= 0.6 is 0 Å². The molecule has 0 saturated heterocycles. The first-order valence-corrected chi connectivity index (χ1v) is 7.43. The van der Waals surface area contributed by atoms with Crippen LogP contribution in [0.3, 0.4) is 0 Å². The van der Waals surface area contributed by atoms with Crippen molar-refractivity contribution >= 4 is 15.6 Å². The summed E-state index contributed by atoms with van der Waals surface area (Å²) in [5.74, 6) is 0.0456. The zero-order valence-corrected chi connectivity index (χ0v) is 11.0. The summed E-state index contributed by atoms with van der Waals surface area (Å²) < 4.78 is 23.1. The maximum Gasteiger partial charge on any atom is 0.153 e. The minimum atomic E-state index is -3.14. The molecule has 0 aromatic rings. The maximum absolute atomic E-state index is 11.8. The lowest BCUT2D eigenvalue weighted by molar-refractivity contribution is -0.123. The summed E-state index contributed by atoms with van der Waals surface area (Å²) in [5.41, 5.74) is 5.10. The molecular weight excluding hydrogens is 226 g/mol. The third-order valence-electron chi connectivity index (χ3n) is 3.36. The van der Waals surface area contributed by atoms with Gasteiger partial charge in [0.1, 0.15) is 0 Å². The lowest BCUT2D eigenvalue weighted by atomic mass is 9.90. The number of hydrogen-bond donors (Lipinski definition) is 1. The van der Waals surface area contributed by atoms with Gasteiger partial charge >= 0.3 is 0 Å². The predicted octanol–water partition coefficient (Wildman–Crippen LogP) is 0.896. The van der Waals surface area contributed by atoms with Gasteiger partial charge in [-0.15, -0.1) is 0 Å². The number of rotatable bonds is 6. The molecule has 4 nitrogen and oxygen atoms in total. The highest BCUT2D eigenvalue weighted by Crippen LogP contribution is 2.38. The summed E-state index contributed by atoms with van der Waals surface area (Å²) in [6, 6.07) is 0. The molecule has 1 fully saturated rings. The number of nitrogens with two attached hydrogens (primary N) is 1. The summed E-state index contributed by atoms with van der Waals surface area (Å²) in [6.07, 6.45) is 2.01. The molecule has 2 N–H and O–H groups in total. The first kappa shape index (κ1) is 13.6. The minimum absolute atomic E-state index is 0.0456. The van der Waals surface area contributed by atoms with Gasteiger partial charge in [0.05, 0.1) is 16.5 Å². The fourth-order valence-corrected chi connectivity index (χ4v) is 2.59. The minimum Gasteiger partial charge on any atom is -0.319 e. The molecular formula is C11H21NO3S. The Morgan fingerprint density at radius 3 is 2.31 bits per heavy atom. The van der Waals surface area contributed by atoms with Gasteiger partial charge in [-0.1, -0.05) is 0 Å². The van der Waals surface area contributed by atoms with Gasteiger partial charge in [-0.05, 0) is 39.5 Å². The monoisotopic (exact) mass is 247 g/mol. The number of carbonyl (C=O) groups excluding carboxylic acids is 1. The van der Waals surface area contributed by atoms with Crippen LogP contribution in [-0.4, -0.2) is 30.7 Å². The number of ketones is 1. The third kappa shape index (κ3) is 3.04. The fraction of sp³-hybridized carbons (Fsp3) is 0.909. The first-order chi connectivity index (χ1) is 7.18. The molecule has 94 valence electrons. The van der Waals surface area contributed by atoms with Crippen molar-refractivity contribution in [3.63, 3.8) is 0 Å². The van der Waals surface area contributed by atoms with Crippen molar-refractivity contribution in [2.75, 3.05) is 5.75 Å². The smallest absolute Gasteiger partial charge is 0.153 e. The van der Waals surface area contributed by atoms with Gasteiger partial charge in [0.25, 0.3) is 0 Å². The largest absolute Gasteiger partial charge is 0.319 e. The van der Waals surface area contributed by atoms with E-state index in [1.807, 2.05) is 0 Å². The Hall–Kier alpha value is -0.420. The Kier molecular flexibility index (Phi) is 3.80. The SMILES string of the molecule is CC(C)S(=O)(=O)CCC(=O)C(C)(N)C1CC1. The van der Waals surface area contributed by atoms with Gasteiger partial charge in [-0.3, -0.25) is 4.79 Å². The van der Waals surface area contributed by atoms with Crippen LogP contribution in [0.1, 0.15) is 40.0 Å². The van der Waals surface area contributed by atoms with E-state index in [1.165, 1.54) is 0 Å². The molecule has 1 aliphatic carbocycles. The number of Topliss-reactive ketones (excluding diaryl/α,β-unsaturated/α-hetero) is 1. The van der Waals surface area contributed by atoms with Crippen LogP contribution in [-0.2, 0) is 14.6 Å². The van der Waals surface area contributed by atoms with Gasteiger partial charge in [0, 0.05) is 6.42 Å². The van der Waals surface area contributed by atoms with E-state index in [-0.39, 0.29) is 23.9 Å². The summed E-state index contributed by atoms with van der Waals surface area (Å²) in [6.45, 7) is 4.97. The number of carbonyl (C=O) groups is 1. The van der Waals surface area contributed by atoms with Crippen LogP contribution in [0.15, 0.2) is 0 Å². The van der Waals surface area contributed by atoms with Crippen LogP contribution in [0.5, 0.6) is 0 Å². The van der Waals surface area contributed by atoms with Crippen LogP contribution in [0.4, 0.5) is 0 Å². The van der Waals surface area contributed by atoms with E-state index in [0.29, 0.717) is 0 Å². The molecule has 1 unspecified atom stereocenters. The lowest BCUT2D eigenvalue weighted by Crippen LogP contribution is -2.47. The summed E-state index contributed by atoms with van der Waals surface area (Å²) in [5, 5.41) is -0.426. The average Bonchev–Trinajstić information content (AvgIpc) is 2.96. The second kappa shape index (κ2) is 4.45. The first-order valence-electron chi connectivity index (χ1n) is 5.71. The Morgan fingerprint density at radius 1 is 1.44 bits per heavy atom. The van der Waals surface area contributed by atoms with E-state index in [1.54, 1.807) is 20.8 Å². The van der Waals surface area contributed by atoms with Crippen molar-refractivity contribution in [3.8, 4) is 0 Å². The Labute approximate surface area is 97.5 Å². The number of hydrogen-bond acceptors (Lipinski definition) is 4. The summed E-state index contributed by atoms with van der Waals surface area (Å²) in [4.78, 5) is 11.8. The van der Waals surface area contributed by atoms with Crippen LogP contribution in [0.25, 0.3) is 0 Å². The van der Waals surface area contributed by atoms with Gasteiger partial charge in [0.2, 0.25) is 0 Å². The van der Waals surface area contributed by atoms with Crippen LogP contribution in [0, 0.1) is 5.92 Å². The number of sulfone groups is 1. The molecule has 1 rings (SSSR count). The van der Waals surface area contributed by atoms with E-state index in [0.717, 1.165) is 12.8 Å². The average molecular weight is 247 g/mol. The summed E-state index contributed by atoms with van der Waals surface area (Å²) in [7, 11) is -3.14. The molecule has 0 aliphatic heterocycles. The van der Waals surface area contributed by atoms with Crippen molar-refractivity contribution in [2.45, 2.75) is 50.8 Å². The molecule has 16 heavy (non-hydrogen) atoms. The van der Waals surface area contributed by atoms with Crippen LogP contribution < -0.4 is 5.73 Å². The second-order valence-corrected chi connectivity index (χ2v) is 7.82. The van der Waals surface area contributed by atoms with E-state index in [9.17, 15) is 13.2 Å². The fourth-order valence-electron chi connectivity index (χ4n) is 1.65. The molecule has 1 saturated carbocycles. The zero-order chi connectivity index (χ0) is 12.6. The molecule has 0 amide bonds. The molecule has 1 atom stereocenters. The summed E-state index contributed by atoms with van der Waals surface area (Å²) >= 11 is 0. The topological polar surface area (TPSA) is 77.2 Å². The van der Waals surface area contributed by atoms with E-state index in [4.69, 9.17) is 5.73 Å². The van der Waals surface area contributed by atoms with Gasteiger partial charge in [-0.2, -0.15) is 0 Å². The van der Waals surface area contributed by atoms with Crippen molar-refractivity contribution < 1.29 is 13.2 Å². The van der Waals surface area contributed by atoms with Crippen molar-refractivity contribution in [2.24, 2.45) is 11.7 Å². The molecule has 0 bridgehead atoms. The Morgan fingerprint density at radius 2 is 1.94 bits per heavy atom. The molecule has 5 heteroatoms. The highest BCUT2D eigenvalue weighted by Gasteiger charge is 2.43. The quantitative estimate of drug-likeness (QED) is 0.756. The van der Waals surface area contributed by atoms with Gasteiger partial charge in [-0.25, -0.2) is 8.42 Å². The zero-order valence-electron chi connectivity index (χ0n) is 10.2. The van der Waals surface area contributed by atoms with Crippen LogP contribution in [0.2, 0.25) is 0 Å².